The number of fused-ring (bicyclic) bond motifs is 10. The molecule has 0 heterocycles. The summed E-state index contributed by atoms with van der Waals surface area (Å²) in [5.41, 5.74) is 5.77. The van der Waals surface area contributed by atoms with Gasteiger partial charge in [-0.25, -0.2) is 0 Å². The van der Waals surface area contributed by atoms with E-state index in [0.29, 0.717) is 46.9 Å². The van der Waals surface area contributed by atoms with E-state index in [-0.39, 0.29) is 28.3 Å². The molecule has 1 aromatic carbocycles. The van der Waals surface area contributed by atoms with Gasteiger partial charge in [0, 0.05) is 42.9 Å². The Hall–Kier alpha value is -2.69. The van der Waals surface area contributed by atoms with Crippen molar-refractivity contribution in [3.63, 3.8) is 0 Å². The second-order valence-corrected chi connectivity index (χ2v) is 16.0. The maximum Gasteiger partial charge on any atom is 0.302 e. The summed E-state index contributed by atoms with van der Waals surface area (Å²) in [5, 5.41) is 9.64. The molecule has 8 rings (SSSR count). The molecule has 0 spiro atoms. The predicted octanol–water partition coefficient (Wildman–Crippen LogP) is 8.19. The Labute approximate surface area is 262 Å². The molecule has 5 nitrogen and oxygen atoms in total. The molecule has 0 amide bonds. The Morgan fingerprint density at radius 3 is 2.36 bits per heavy atom. The van der Waals surface area contributed by atoms with Gasteiger partial charge in [0.2, 0.25) is 0 Å². The summed E-state index contributed by atoms with van der Waals surface area (Å²) in [6, 6.07) is 5.79. The van der Waals surface area contributed by atoms with Gasteiger partial charge in [0.05, 0.1) is 0 Å². The number of benzene rings is 1. The first kappa shape index (κ1) is 30.0. The number of esters is 1. The molecule has 5 heteroatoms. The first-order valence-corrected chi connectivity index (χ1v) is 17.4. The lowest BCUT2D eigenvalue weighted by Gasteiger charge is -2.56. The Morgan fingerprint density at radius 2 is 1.57 bits per heavy atom. The fourth-order valence-corrected chi connectivity index (χ4v) is 11.5. The summed E-state index contributed by atoms with van der Waals surface area (Å²) in [6.45, 7) is 8.37. The highest BCUT2D eigenvalue weighted by atomic mass is 16.5. The predicted molar refractivity (Wildman–Crippen MR) is 170 cm³/mol. The molecule has 9 unspecified atom stereocenters. The number of hydrogen-bond acceptors (Lipinski definition) is 5. The van der Waals surface area contributed by atoms with Gasteiger partial charge in [0.25, 0.3) is 0 Å². The molecule has 5 saturated carbocycles. The number of allylic oxidation sites excluding steroid dienone is 3. The largest absolute Gasteiger partial charge is 0.508 e. The van der Waals surface area contributed by atoms with Gasteiger partial charge in [-0.3, -0.25) is 14.4 Å². The number of Topliss-reactive ketones (excluding diaryl/α,β-unsaturated/α-hetero) is 2. The Bertz CT molecular complexity index is 1450. The molecule has 1 N–H and O–H groups in total. The van der Waals surface area contributed by atoms with Crippen LogP contribution in [-0.2, 0) is 25.5 Å². The second-order valence-electron chi connectivity index (χ2n) is 16.0. The minimum atomic E-state index is -0.157. The van der Waals surface area contributed by atoms with Gasteiger partial charge in [0.15, 0.2) is 0 Å². The van der Waals surface area contributed by atoms with Crippen LogP contribution in [-0.4, -0.2) is 28.7 Å². The van der Waals surface area contributed by atoms with Crippen molar-refractivity contribution in [3.05, 3.63) is 52.6 Å². The van der Waals surface area contributed by atoms with Crippen LogP contribution in [0, 0.1) is 39.9 Å². The zero-order valence-electron chi connectivity index (χ0n) is 27.1. The van der Waals surface area contributed by atoms with Crippen LogP contribution in [0.4, 0.5) is 0 Å². The quantitative estimate of drug-likeness (QED) is 0.260. The molecule has 1 aromatic rings. The highest BCUT2D eigenvalue weighted by Crippen LogP contribution is 2.64. The van der Waals surface area contributed by atoms with Crippen LogP contribution in [0.1, 0.15) is 122 Å². The molecular formula is C39H50O5. The highest BCUT2D eigenvalue weighted by Gasteiger charge is 2.59. The average Bonchev–Trinajstić information content (AvgIpc) is 3.47. The molecule has 0 saturated heterocycles. The number of carbonyl (C=O) groups excluding carboxylic acids is 3. The lowest BCUT2D eigenvalue weighted by molar-refractivity contribution is -0.148. The summed E-state index contributed by atoms with van der Waals surface area (Å²) < 4.78 is 5.50. The molecule has 9 atom stereocenters. The van der Waals surface area contributed by atoms with Crippen LogP contribution in [0.15, 0.2) is 41.5 Å². The van der Waals surface area contributed by atoms with Gasteiger partial charge < -0.3 is 9.84 Å². The number of phenols is 1. The lowest BCUT2D eigenvalue weighted by Crippen LogP contribution is -2.50. The number of aromatic hydroxyl groups is 1. The van der Waals surface area contributed by atoms with Crippen molar-refractivity contribution in [1.82, 2.24) is 0 Å². The van der Waals surface area contributed by atoms with Gasteiger partial charge in [-0.2, -0.15) is 0 Å². The third-order valence-electron chi connectivity index (χ3n) is 14.0. The smallest absolute Gasteiger partial charge is 0.302 e. The van der Waals surface area contributed by atoms with Crippen molar-refractivity contribution in [3.8, 4) is 5.75 Å². The monoisotopic (exact) mass is 598 g/mol. The molecule has 7 aliphatic rings. The van der Waals surface area contributed by atoms with Crippen molar-refractivity contribution in [2.24, 2.45) is 39.9 Å². The van der Waals surface area contributed by atoms with Crippen molar-refractivity contribution >= 4 is 17.5 Å². The van der Waals surface area contributed by atoms with E-state index in [4.69, 9.17) is 4.74 Å². The van der Waals surface area contributed by atoms with E-state index in [9.17, 15) is 19.5 Å². The van der Waals surface area contributed by atoms with Gasteiger partial charge in [-0.1, -0.05) is 50.1 Å². The van der Waals surface area contributed by atoms with Crippen LogP contribution in [0.2, 0.25) is 0 Å². The number of hydrogen-bond donors (Lipinski definition) is 1. The van der Waals surface area contributed by atoms with E-state index in [1.54, 1.807) is 6.07 Å². The average molecular weight is 599 g/mol. The molecule has 0 aromatic heterocycles. The molecule has 236 valence electrons. The number of ketones is 2. The van der Waals surface area contributed by atoms with E-state index < -0.39 is 0 Å². The number of rotatable bonds is 1. The van der Waals surface area contributed by atoms with Gasteiger partial charge in [-0.15, -0.1) is 0 Å². The Morgan fingerprint density at radius 1 is 0.864 bits per heavy atom. The molecular weight excluding hydrogens is 548 g/mol. The van der Waals surface area contributed by atoms with Crippen LogP contribution < -0.4 is 0 Å². The van der Waals surface area contributed by atoms with Gasteiger partial charge >= 0.3 is 5.97 Å². The maximum absolute atomic E-state index is 12.4. The van der Waals surface area contributed by atoms with E-state index in [1.165, 1.54) is 35.6 Å². The summed E-state index contributed by atoms with van der Waals surface area (Å²) in [5.74, 6) is 4.09. The van der Waals surface area contributed by atoms with E-state index in [1.807, 2.05) is 6.07 Å². The first-order valence-electron chi connectivity index (χ1n) is 17.4. The summed E-state index contributed by atoms with van der Waals surface area (Å²) in [6.07, 6.45) is 17.9. The standard InChI is InChI=1S/C21H30O3.C18H20O2/c1-13(22)24-15-8-10-20(2)14(12-15)4-5-16-17-6-7-19(23)21(17,3)11-9-18(16)20;1-18-9-8-14-13-5-3-12(19)10-11(13)2-4-15(14)16(18)6-7-17(18)20/h4,15-18H,5-12H2,1-3H3;3-5,10,14,16,19H,2,6-9H2,1H3. The van der Waals surface area contributed by atoms with Crippen LogP contribution in [0.25, 0.3) is 0 Å². The fraction of sp³-hybridized carbons (Fsp3) is 0.667. The second kappa shape index (κ2) is 10.7. The molecule has 5 fully saturated rings. The zero-order chi connectivity index (χ0) is 31.0. The third-order valence-corrected chi connectivity index (χ3v) is 14.0. The maximum atomic E-state index is 12.4. The van der Waals surface area contributed by atoms with E-state index in [2.05, 4.69) is 39.0 Å². The topological polar surface area (TPSA) is 80.7 Å². The third kappa shape index (κ3) is 4.57. The zero-order valence-corrected chi connectivity index (χ0v) is 27.1. The van der Waals surface area contributed by atoms with E-state index in [0.717, 1.165) is 77.0 Å². The van der Waals surface area contributed by atoms with Crippen molar-refractivity contribution in [2.75, 3.05) is 0 Å². The SMILES string of the molecule is CC(=O)OC1CCC2(C)C(=CCC3C4CCC(=O)C4(C)CCC32)C1.CC12CCC3C(=CCc4cc(O)ccc43)C1CCC2=O. The number of carbonyl (C=O) groups is 3. The molecule has 7 aliphatic carbocycles. The van der Waals surface area contributed by atoms with Crippen molar-refractivity contribution in [1.29, 1.82) is 0 Å². The highest BCUT2D eigenvalue weighted by molar-refractivity contribution is 5.88. The first-order chi connectivity index (χ1) is 20.9. The van der Waals surface area contributed by atoms with Gasteiger partial charge in [0.1, 0.15) is 23.4 Å². The molecule has 44 heavy (non-hydrogen) atoms. The normalized spacial score (nSPS) is 41.7. The van der Waals surface area contributed by atoms with Crippen LogP contribution in [0.5, 0.6) is 5.75 Å². The van der Waals surface area contributed by atoms with Crippen LogP contribution >= 0.6 is 0 Å². The van der Waals surface area contributed by atoms with Crippen LogP contribution in [0.3, 0.4) is 0 Å². The minimum absolute atomic E-state index is 0.0438. The van der Waals surface area contributed by atoms with Crippen molar-refractivity contribution in [2.45, 2.75) is 123 Å². The fourth-order valence-electron chi connectivity index (χ4n) is 11.5. The Balaban J connectivity index is 0.000000144. The number of phenolic OH excluding ortho intramolecular Hbond substituents is 1. The Kier molecular flexibility index (Phi) is 7.29. The summed E-state index contributed by atoms with van der Waals surface area (Å²) >= 11 is 0. The molecule has 0 bridgehead atoms. The molecule has 0 aliphatic heterocycles. The van der Waals surface area contributed by atoms with E-state index >= 15 is 0 Å². The van der Waals surface area contributed by atoms with Crippen molar-refractivity contribution < 1.29 is 24.2 Å². The lowest BCUT2D eigenvalue weighted by atomic mass is 9.48. The minimum Gasteiger partial charge on any atom is -0.508 e. The summed E-state index contributed by atoms with van der Waals surface area (Å²) in [7, 11) is 0. The van der Waals surface area contributed by atoms with Gasteiger partial charge in [-0.05, 0) is 117 Å². The summed E-state index contributed by atoms with van der Waals surface area (Å²) in [4.78, 5) is 36.0. The molecule has 0 radical (unpaired) electrons. The number of ether oxygens (including phenoxy) is 1.